The Morgan fingerprint density at radius 3 is 2.62 bits per heavy atom. The first-order valence-corrected chi connectivity index (χ1v) is 10.5. The molecule has 168 valence electrons. The second kappa shape index (κ2) is 9.30. The topological polar surface area (TPSA) is 63.2 Å². The van der Waals surface area contributed by atoms with Crippen LogP contribution >= 0.6 is 11.6 Å². The lowest BCUT2D eigenvalue weighted by Crippen LogP contribution is -2.33. The second-order valence-electron chi connectivity index (χ2n) is 7.23. The fourth-order valence-corrected chi connectivity index (χ4v) is 3.75. The fraction of sp³-hybridized carbons (Fsp3) is 0.318. The molecule has 0 bridgehead atoms. The number of alkyl halides is 3. The van der Waals surface area contributed by atoms with Crippen LogP contribution in [-0.4, -0.2) is 28.1 Å². The Kier molecular flexibility index (Phi) is 6.48. The summed E-state index contributed by atoms with van der Waals surface area (Å²) >= 11 is 6.32. The van der Waals surface area contributed by atoms with Gasteiger partial charge in [0.1, 0.15) is 18.2 Å². The number of pyridine rings is 1. The van der Waals surface area contributed by atoms with Gasteiger partial charge in [-0.05, 0) is 49.7 Å². The quantitative estimate of drug-likeness (QED) is 0.529. The van der Waals surface area contributed by atoms with E-state index < -0.39 is 11.7 Å². The minimum atomic E-state index is -4.38. The van der Waals surface area contributed by atoms with Gasteiger partial charge in [0.2, 0.25) is 0 Å². The number of aromatic nitrogens is 3. The van der Waals surface area contributed by atoms with Crippen molar-refractivity contribution in [2.45, 2.75) is 32.7 Å². The van der Waals surface area contributed by atoms with Crippen molar-refractivity contribution in [2.75, 3.05) is 23.4 Å². The number of fused-ring (bicyclic) bond motifs is 1. The first kappa shape index (κ1) is 22.3. The van der Waals surface area contributed by atoms with E-state index in [1.807, 2.05) is 11.8 Å². The summed E-state index contributed by atoms with van der Waals surface area (Å²) in [6, 6.07) is 8.43. The minimum absolute atomic E-state index is 0.232. The van der Waals surface area contributed by atoms with Crippen LogP contribution < -0.4 is 10.2 Å². The summed E-state index contributed by atoms with van der Waals surface area (Å²) in [5.74, 6) is 1.74. The molecule has 10 heteroatoms. The number of benzene rings is 1. The van der Waals surface area contributed by atoms with Crippen LogP contribution in [0.1, 0.15) is 29.6 Å². The first-order chi connectivity index (χ1) is 15.3. The predicted octanol–water partition coefficient (Wildman–Crippen LogP) is 5.39. The third kappa shape index (κ3) is 4.94. The standard InChI is InChI=1S/C22H21ClF3N5O/c1-2-32-13-19-29-18-12-31(21-17(23)4-3-10-27-21)11-9-16(18)20(30-19)28-15-7-5-14(6-8-15)22(24,25)26/h3-8,10H,2,9,11-13H2,1H3,(H,28,29,30). The van der Waals surface area contributed by atoms with Crippen LogP contribution in [0, 0.1) is 0 Å². The Morgan fingerprint density at radius 2 is 1.94 bits per heavy atom. The molecular weight excluding hydrogens is 443 g/mol. The van der Waals surface area contributed by atoms with Crippen LogP contribution in [0.25, 0.3) is 0 Å². The van der Waals surface area contributed by atoms with Crippen LogP contribution in [0.2, 0.25) is 5.02 Å². The lowest BCUT2D eigenvalue weighted by molar-refractivity contribution is -0.137. The smallest absolute Gasteiger partial charge is 0.374 e. The van der Waals surface area contributed by atoms with E-state index in [0.29, 0.717) is 54.3 Å². The Morgan fingerprint density at radius 1 is 1.16 bits per heavy atom. The van der Waals surface area contributed by atoms with Crippen LogP contribution in [0.15, 0.2) is 42.6 Å². The average molecular weight is 464 g/mol. The molecule has 2 aromatic heterocycles. The van der Waals surface area contributed by atoms with Gasteiger partial charge in [0.15, 0.2) is 5.82 Å². The van der Waals surface area contributed by atoms with Gasteiger partial charge in [0, 0.05) is 30.6 Å². The molecular formula is C22H21ClF3N5O. The van der Waals surface area contributed by atoms with Gasteiger partial charge in [-0.25, -0.2) is 15.0 Å². The molecule has 0 atom stereocenters. The summed E-state index contributed by atoms with van der Waals surface area (Å²) < 4.78 is 44.1. The Balaban J connectivity index is 1.64. The van der Waals surface area contributed by atoms with Gasteiger partial charge >= 0.3 is 6.18 Å². The number of hydrogen-bond donors (Lipinski definition) is 1. The number of rotatable bonds is 6. The number of anilines is 3. The largest absolute Gasteiger partial charge is 0.416 e. The number of nitrogens with zero attached hydrogens (tertiary/aromatic N) is 4. The minimum Gasteiger partial charge on any atom is -0.374 e. The molecule has 1 aliphatic rings. The molecule has 1 aliphatic heterocycles. The molecule has 0 spiro atoms. The zero-order valence-corrected chi connectivity index (χ0v) is 18.0. The lowest BCUT2D eigenvalue weighted by Gasteiger charge is -2.30. The number of hydrogen-bond acceptors (Lipinski definition) is 6. The maximum atomic E-state index is 12.9. The van der Waals surface area contributed by atoms with E-state index in [1.165, 1.54) is 12.1 Å². The zero-order valence-electron chi connectivity index (χ0n) is 17.3. The molecule has 4 rings (SSSR count). The van der Waals surface area contributed by atoms with Crippen molar-refractivity contribution in [3.63, 3.8) is 0 Å². The second-order valence-corrected chi connectivity index (χ2v) is 7.64. The maximum absolute atomic E-state index is 12.9. The van der Waals surface area contributed by atoms with Crippen molar-refractivity contribution in [2.24, 2.45) is 0 Å². The van der Waals surface area contributed by atoms with E-state index >= 15 is 0 Å². The van der Waals surface area contributed by atoms with E-state index in [2.05, 4.69) is 20.3 Å². The van der Waals surface area contributed by atoms with E-state index in [0.717, 1.165) is 23.4 Å². The Labute approximate surface area is 188 Å². The van der Waals surface area contributed by atoms with Gasteiger partial charge in [0.25, 0.3) is 0 Å². The SMILES string of the molecule is CCOCc1nc2c(c(Nc3ccc(C(F)(F)F)cc3)n1)CCN(c1ncccc1Cl)C2. The molecule has 0 saturated heterocycles. The van der Waals surface area contributed by atoms with E-state index in [1.54, 1.807) is 18.3 Å². The van der Waals surface area contributed by atoms with Crippen molar-refractivity contribution < 1.29 is 17.9 Å². The van der Waals surface area contributed by atoms with Gasteiger partial charge in [0.05, 0.1) is 22.8 Å². The Hall–Kier alpha value is -2.91. The molecule has 3 heterocycles. The molecule has 0 fully saturated rings. The third-order valence-electron chi connectivity index (χ3n) is 5.06. The normalized spacial score (nSPS) is 13.7. The van der Waals surface area contributed by atoms with Crippen LogP contribution in [0.5, 0.6) is 0 Å². The van der Waals surface area contributed by atoms with E-state index in [-0.39, 0.29) is 6.61 Å². The zero-order chi connectivity index (χ0) is 22.7. The average Bonchev–Trinajstić information content (AvgIpc) is 2.77. The van der Waals surface area contributed by atoms with Crippen LogP contribution in [0.4, 0.5) is 30.5 Å². The molecule has 32 heavy (non-hydrogen) atoms. The van der Waals surface area contributed by atoms with Crippen LogP contribution in [-0.2, 0) is 30.5 Å². The molecule has 1 N–H and O–H groups in total. The van der Waals surface area contributed by atoms with E-state index in [4.69, 9.17) is 16.3 Å². The molecule has 6 nitrogen and oxygen atoms in total. The monoisotopic (exact) mass is 463 g/mol. The maximum Gasteiger partial charge on any atom is 0.416 e. The van der Waals surface area contributed by atoms with Gasteiger partial charge < -0.3 is 15.0 Å². The molecule has 0 aliphatic carbocycles. The highest BCUT2D eigenvalue weighted by Gasteiger charge is 2.30. The highest BCUT2D eigenvalue weighted by molar-refractivity contribution is 6.32. The lowest BCUT2D eigenvalue weighted by atomic mass is 10.0. The first-order valence-electron chi connectivity index (χ1n) is 10.1. The van der Waals surface area contributed by atoms with Gasteiger partial charge in [-0.15, -0.1) is 0 Å². The molecule has 0 unspecified atom stereocenters. The highest BCUT2D eigenvalue weighted by Crippen LogP contribution is 2.33. The molecule has 0 radical (unpaired) electrons. The molecule has 3 aromatic rings. The van der Waals surface area contributed by atoms with Gasteiger partial charge in [-0.3, -0.25) is 0 Å². The van der Waals surface area contributed by atoms with Gasteiger partial charge in [-0.2, -0.15) is 13.2 Å². The highest BCUT2D eigenvalue weighted by atomic mass is 35.5. The molecule has 0 saturated carbocycles. The predicted molar refractivity (Wildman–Crippen MR) is 116 cm³/mol. The van der Waals surface area contributed by atoms with Crippen molar-refractivity contribution in [1.82, 2.24) is 15.0 Å². The number of nitrogens with one attached hydrogen (secondary N) is 1. The van der Waals surface area contributed by atoms with Crippen molar-refractivity contribution in [1.29, 1.82) is 0 Å². The third-order valence-corrected chi connectivity index (χ3v) is 5.36. The van der Waals surface area contributed by atoms with Crippen LogP contribution in [0.3, 0.4) is 0 Å². The summed E-state index contributed by atoms with van der Waals surface area (Å²) in [5, 5.41) is 3.72. The van der Waals surface area contributed by atoms with Gasteiger partial charge in [-0.1, -0.05) is 11.6 Å². The summed E-state index contributed by atoms with van der Waals surface area (Å²) in [5.41, 5.74) is 1.52. The van der Waals surface area contributed by atoms with Crippen molar-refractivity contribution >= 4 is 28.9 Å². The van der Waals surface area contributed by atoms with Crippen molar-refractivity contribution in [3.05, 3.63) is 70.3 Å². The molecule has 0 amide bonds. The molecule has 1 aromatic carbocycles. The number of ether oxygens (including phenoxy) is 1. The van der Waals surface area contributed by atoms with E-state index in [9.17, 15) is 13.2 Å². The Bertz CT molecular complexity index is 1090. The number of halogens is 4. The summed E-state index contributed by atoms with van der Waals surface area (Å²) in [4.78, 5) is 15.7. The van der Waals surface area contributed by atoms with Crippen molar-refractivity contribution in [3.8, 4) is 0 Å². The summed E-state index contributed by atoms with van der Waals surface area (Å²) in [6.45, 7) is 3.76. The fourth-order valence-electron chi connectivity index (χ4n) is 3.51. The summed E-state index contributed by atoms with van der Waals surface area (Å²) in [7, 11) is 0. The summed E-state index contributed by atoms with van der Waals surface area (Å²) in [6.07, 6.45) is -2.07.